The molecular formula is C10H10O6. The molecule has 1 aromatic carbocycles. The maximum atomic E-state index is 10.8. The molecule has 0 amide bonds. The third-order valence-electron chi connectivity index (χ3n) is 1.76. The summed E-state index contributed by atoms with van der Waals surface area (Å²) < 4.78 is 4.84. The van der Waals surface area contributed by atoms with Crippen molar-refractivity contribution in [1.82, 2.24) is 0 Å². The van der Waals surface area contributed by atoms with Crippen LogP contribution in [0.4, 0.5) is 0 Å². The van der Waals surface area contributed by atoms with Gasteiger partial charge < -0.3 is 20.1 Å². The molecule has 0 aliphatic rings. The monoisotopic (exact) mass is 226 g/mol. The van der Waals surface area contributed by atoms with Crippen LogP contribution >= 0.6 is 0 Å². The van der Waals surface area contributed by atoms with E-state index in [0.717, 1.165) is 12.1 Å². The summed E-state index contributed by atoms with van der Waals surface area (Å²) in [6, 6.07) is 3.45. The van der Waals surface area contributed by atoms with Crippen LogP contribution in [-0.2, 0) is 0 Å². The Kier molecular flexibility index (Phi) is 3.47. The van der Waals surface area contributed by atoms with Gasteiger partial charge in [0.25, 0.3) is 0 Å². The number of aromatic carboxylic acids is 2. The molecule has 0 bridgehead atoms. The number of carboxylic acids is 2. The first-order valence-corrected chi connectivity index (χ1v) is 4.37. The minimum Gasteiger partial charge on any atom is -0.478 e. The van der Waals surface area contributed by atoms with E-state index in [-0.39, 0.29) is 16.9 Å². The van der Waals surface area contributed by atoms with Crippen molar-refractivity contribution in [3.63, 3.8) is 0 Å². The molecule has 1 unspecified atom stereocenters. The van der Waals surface area contributed by atoms with E-state index in [1.165, 1.54) is 13.0 Å². The van der Waals surface area contributed by atoms with Gasteiger partial charge in [0.1, 0.15) is 5.75 Å². The van der Waals surface area contributed by atoms with Crippen LogP contribution in [-0.4, -0.2) is 33.5 Å². The summed E-state index contributed by atoms with van der Waals surface area (Å²) in [5.74, 6) is -2.60. The lowest BCUT2D eigenvalue weighted by Gasteiger charge is -2.10. The second-order valence-corrected chi connectivity index (χ2v) is 3.03. The molecule has 0 fully saturated rings. The SMILES string of the molecule is CC(O)Oc1ccc(C(=O)O)c(C(=O)O)c1. The quantitative estimate of drug-likeness (QED) is 0.656. The number of hydrogen-bond donors (Lipinski definition) is 3. The average molecular weight is 226 g/mol. The molecule has 86 valence electrons. The highest BCUT2D eigenvalue weighted by Crippen LogP contribution is 2.19. The molecule has 0 radical (unpaired) electrons. The van der Waals surface area contributed by atoms with E-state index >= 15 is 0 Å². The van der Waals surface area contributed by atoms with Crippen molar-refractivity contribution in [1.29, 1.82) is 0 Å². The van der Waals surface area contributed by atoms with E-state index in [0.29, 0.717) is 0 Å². The zero-order valence-corrected chi connectivity index (χ0v) is 8.38. The molecule has 0 saturated carbocycles. The van der Waals surface area contributed by atoms with E-state index in [9.17, 15) is 9.59 Å². The molecule has 0 aliphatic carbocycles. The number of aliphatic hydroxyl groups excluding tert-OH is 1. The Bertz CT molecular complexity index is 423. The van der Waals surface area contributed by atoms with Gasteiger partial charge in [0, 0.05) is 0 Å². The van der Waals surface area contributed by atoms with Gasteiger partial charge >= 0.3 is 11.9 Å². The van der Waals surface area contributed by atoms with Gasteiger partial charge in [0.2, 0.25) is 0 Å². The van der Waals surface area contributed by atoms with Crippen molar-refractivity contribution in [2.45, 2.75) is 13.2 Å². The van der Waals surface area contributed by atoms with Crippen LogP contribution in [0.5, 0.6) is 5.75 Å². The summed E-state index contributed by atoms with van der Waals surface area (Å²) in [4.78, 5) is 21.5. The lowest BCUT2D eigenvalue weighted by Crippen LogP contribution is -2.12. The van der Waals surface area contributed by atoms with Gasteiger partial charge in [-0.05, 0) is 25.1 Å². The van der Waals surface area contributed by atoms with Crippen LogP contribution in [0.3, 0.4) is 0 Å². The summed E-state index contributed by atoms with van der Waals surface area (Å²) in [6.07, 6.45) is -1.10. The Morgan fingerprint density at radius 1 is 1.19 bits per heavy atom. The van der Waals surface area contributed by atoms with Crippen LogP contribution in [0, 0.1) is 0 Å². The summed E-state index contributed by atoms with van der Waals surface area (Å²) in [5.41, 5.74) is -0.712. The second-order valence-electron chi connectivity index (χ2n) is 3.03. The Balaban J connectivity index is 3.17. The Morgan fingerprint density at radius 2 is 1.75 bits per heavy atom. The average Bonchev–Trinajstić information content (AvgIpc) is 2.16. The lowest BCUT2D eigenvalue weighted by molar-refractivity contribution is -0.000433. The number of hydrogen-bond acceptors (Lipinski definition) is 4. The number of carboxylic acid groups (broad SMARTS) is 2. The number of rotatable bonds is 4. The van der Waals surface area contributed by atoms with Crippen LogP contribution in [0.2, 0.25) is 0 Å². The fourth-order valence-corrected chi connectivity index (χ4v) is 1.16. The Morgan fingerprint density at radius 3 is 2.19 bits per heavy atom. The van der Waals surface area contributed by atoms with Crippen molar-refractivity contribution in [3.05, 3.63) is 29.3 Å². The van der Waals surface area contributed by atoms with Crippen molar-refractivity contribution >= 4 is 11.9 Å². The Labute approximate surface area is 90.7 Å². The minimum atomic E-state index is -1.37. The molecule has 0 saturated heterocycles. The molecular weight excluding hydrogens is 216 g/mol. The van der Waals surface area contributed by atoms with Crippen molar-refractivity contribution in [3.8, 4) is 5.75 Å². The van der Waals surface area contributed by atoms with Crippen molar-refractivity contribution < 1.29 is 29.6 Å². The number of carbonyl (C=O) groups is 2. The van der Waals surface area contributed by atoms with Crippen LogP contribution in [0.1, 0.15) is 27.6 Å². The molecule has 0 heterocycles. The third-order valence-corrected chi connectivity index (χ3v) is 1.76. The number of benzene rings is 1. The maximum absolute atomic E-state index is 10.8. The highest BCUT2D eigenvalue weighted by molar-refractivity contribution is 6.01. The first kappa shape index (κ1) is 12.0. The van der Waals surface area contributed by atoms with E-state index < -0.39 is 18.2 Å². The molecule has 3 N–H and O–H groups in total. The lowest BCUT2D eigenvalue weighted by atomic mass is 10.1. The van der Waals surface area contributed by atoms with Crippen LogP contribution < -0.4 is 4.74 Å². The minimum absolute atomic E-state index is 0.0948. The van der Waals surface area contributed by atoms with Gasteiger partial charge in [-0.1, -0.05) is 0 Å². The largest absolute Gasteiger partial charge is 0.478 e. The molecule has 6 nitrogen and oxygen atoms in total. The van der Waals surface area contributed by atoms with Gasteiger partial charge in [0.15, 0.2) is 6.29 Å². The fraction of sp³-hybridized carbons (Fsp3) is 0.200. The number of aliphatic hydroxyl groups is 1. The van der Waals surface area contributed by atoms with E-state index in [1.54, 1.807) is 0 Å². The van der Waals surface area contributed by atoms with Crippen LogP contribution in [0.25, 0.3) is 0 Å². The van der Waals surface area contributed by atoms with Crippen molar-refractivity contribution in [2.75, 3.05) is 0 Å². The first-order valence-electron chi connectivity index (χ1n) is 4.37. The highest BCUT2D eigenvalue weighted by atomic mass is 16.6. The summed E-state index contributed by atoms with van der Waals surface area (Å²) in [6.45, 7) is 1.35. The number of ether oxygens (including phenoxy) is 1. The van der Waals surface area contributed by atoms with Crippen LogP contribution in [0.15, 0.2) is 18.2 Å². The molecule has 1 rings (SSSR count). The summed E-state index contributed by atoms with van der Waals surface area (Å²) in [7, 11) is 0. The molecule has 16 heavy (non-hydrogen) atoms. The van der Waals surface area contributed by atoms with Gasteiger partial charge in [0.05, 0.1) is 11.1 Å². The zero-order valence-electron chi connectivity index (χ0n) is 8.38. The van der Waals surface area contributed by atoms with Gasteiger partial charge in [-0.15, -0.1) is 0 Å². The van der Waals surface area contributed by atoms with Gasteiger partial charge in [-0.2, -0.15) is 0 Å². The maximum Gasteiger partial charge on any atom is 0.336 e. The summed E-state index contributed by atoms with van der Waals surface area (Å²) >= 11 is 0. The van der Waals surface area contributed by atoms with E-state index in [1.807, 2.05) is 0 Å². The zero-order chi connectivity index (χ0) is 12.3. The van der Waals surface area contributed by atoms with E-state index in [2.05, 4.69) is 0 Å². The molecule has 0 aliphatic heterocycles. The van der Waals surface area contributed by atoms with Crippen molar-refractivity contribution in [2.24, 2.45) is 0 Å². The summed E-state index contributed by atoms with van der Waals surface area (Å²) in [5, 5.41) is 26.5. The third kappa shape index (κ3) is 2.71. The second kappa shape index (κ2) is 4.63. The first-order chi connectivity index (χ1) is 7.41. The normalized spacial score (nSPS) is 11.9. The van der Waals surface area contributed by atoms with Gasteiger partial charge in [-0.3, -0.25) is 0 Å². The standard InChI is InChI=1S/C10H10O6/c1-5(11)16-6-2-3-7(9(12)13)8(4-6)10(14)15/h2-5,11H,1H3,(H,12,13)(H,14,15). The predicted octanol–water partition coefficient (Wildman–Crippen LogP) is 0.800. The molecule has 1 aromatic rings. The van der Waals surface area contributed by atoms with E-state index in [4.69, 9.17) is 20.1 Å². The smallest absolute Gasteiger partial charge is 0.336 e. The fourth-order valence-electron chi connectivity index (χ4n) is 1.16. The Hall–Kier alpha value is -2.08. The molecule has 6 heteroatoms. The van der Waals surface area contributed by atoms with Gasteiger partial charge in [-0.25, -0.2) is 9.59 Å². The molecule has 1 atom stereocenters. The topological polar surface area (TPSA) is 104 Å². The molecule has 0 spiro atoms. The predicted molar refractivity (Wildman–Crippen MR) is 52.7 cm³/mol. The molecule has 0 aromatic heterocycles. The highest BCUT2D eigenvalue weighted by Gasteiger charge is 2.17.